The predicted molar refractivity (Wildman–Crippen MR) is 80.8 cm³/mol. The first kappa shape index (κ1) is 15.9. The van der Waals surface area contributed by atoms with Gasteiger partial charge in [-0.15, -0.1) is 0 Å². The maximum atomic E-state index is 12.3. The highest BCUT2D eigenvalue weighted by atomic mass is 16.5. The quantitative estimate of drug-likeness (QED) is 0.824. The van der Waals surface area contributed by atoms with Crippen LogP contribution in [0.3, 0.4) is 0 Å². The minimum atomic E-state index is -1.15. The van der Waals surface area contributed by atoms with E-state index < -0.39 is 11.5 Å². The number of carbonyl (C=O) groups excluding carboxylic acids is 1. The van der Waals surface area contributed by atoms with Crippen LogP contribution in [0.1, 0.15) is 18.4 Å². The average Bonchev–Trinajstić information content (AvgIpc) is 2.55. The molecule has 0 radical (unpaired) electrons. The molecule has 116 valence electrons. The van der Waals surface area contributed by atoms with Crippen LogP contribution in [-0.4, -0.2) is 50.8 Å². The Kier molecular flexibility index (Phi) is 5.33. The van der Waals surface area contributed by atoms with E-state index in [0.717, 1.165) is 31.6 Å². The molecule has 0 aromatic heterocycles. The monoisotopic (exact) mass is 292 g/mol. The number of nitrogens with zero attached hydrogens (tertiary/aromatic N) is 1. The van der Waals surface area contributed by atoms with E-state index in [1.165, 1.54) is 7.11 Å². The van der Waals surface area contributed by atoms with Crippen LogP contribution in [0.25, 0.3) is 0 Å². The molecule has 1 saturated heterocycles. The van der Waals surface area contributed by atoms with Crippen LogP contribution in [0.2, 0.25) is 0 Å². The summed E-state index contributed by atoms with van der Waals surface area (Å²) in [5.74, 6) is -0.410. The van der Waals surface area contributed by atoms with Crippen molar-refractivity contribution < 1.29 is 14.3 Å². The number of rotatable bonds is 5. The van der Waals surface area contributed by atoms with Gasteiger partial charge in [-0.2, -0.15) is 0 Å². The number of hydrogen-bond acceptors (Lipinski definition) is 5. The highest BCUT2D eigenvalue weighted by Gasteiger charge is 2.39. The fourth-order valence-electron chi connectivity index (χ4n) is 2.84. The van der Waals surface area contributed by atoms with Crippen molar-refractivity contribution in [3.8, 4) is 0 Å². The van der Waals surface area contributed by atoms with Crippen LogP contribution < -0.4 is 5.73 Å². The van der Waals surface area contributed by atoms with Crippen LogP contribution in [-0.2, 0) is 19.8 Å². The number of esters is 1. The molecule has 1 aromatic rings. The SMILES string of the molecule is COC(=O)C(N)(CN(C)C1CCOCC1)c1ccccc1. The number of methoxy groups -OCH3 is 1. The van der Waals surface area contributed by atoms with E-state index in [9.17, 15) is 4.79 Å². The average molecular weight is 292 g/mol. The molecular formula is C16H24N2O3. The summed E-state index contributed by atoms with van der Waals surface area (Å²) in [5.41, 5.74) is 6.06. The molecule has 1 aliphatic rings. The molecule has 5 heteroatoms. The van der Waals surface area contributed by atoms with Gasteiger partial charge in [0.2, 0.25) is 0 Å². The molecule has 0 aliphatic carbocycles. The van der Waals surface area contributed by atoms with Crippen LogP contribution in [0.4, 0.5) is 0 Å². The molecule has 21 heavy (non-hydrogen) atoms. The highest BCUT2D eigenvalue weighted by molar-refractivity contribution is 5.82. The number of likely N-dealkylation sites (N-methyl/N-ethyl adjacent to an activating group) is 1. The van der Waals surface area contributed by atoms with Gasteiger partial charge < -0.3 is 20.1 Å². The zero-order valence-electron chi connectivity index (χ0n) is 12.7. The van der Waals surface area contributed by atoms with Crippen molar-refractivity contribution in [2.45, 2.75) is 24.4 Å². The third kappa shape index (κ3) is 3.61. The van der Waals surface area contributed by atoms with E-state index in [-0.39, 0.29) is 0 Å². The van der Waals surface area contributed by atoms with Gasteiger partial charge in [-0.05, 0) is 25.5 Å². The van der Waals surface area contributed by atoms with Crippen molar-refractivity contribution >= 4 is 5.97 Å². The molecule has 2 rings (SSSR count). The lowest BCUT2D eigenvalue weighted by atomic mass is 9.89. The van der Waals surface area contributed by atoms with E-state index in [4.69, 9.17) is 15.2 Å². The molecule has 1 unspecified atom stereocenters. The van der Waals surface area contributed by atoms with Gasteiger partial charge in [0.15, 0.2) is 5.54 Å². The van der Waals surface area contributed by atoms with Crippen molar-refractivity contribution in [1.82, 2.24) is 4.90 Å². The first-order valence-corrected chi connectivity index (χ1v) is 7.28. The predicted octanol–water partition coefficient (Wildman–Crippen LogP) is 1.12. The first-order valence-electron chi connectivity index (χ1n) is 7.28. The first-order chi connectivity index (χ1) is 10.1. The molecule has 0 bridgehead atoms. The van der Waals surface area contributed by atoms with Gasteiger partial charge in [0.1, 0.15) is 0 Å². The number of carbonyl (C=O) groups is 1. The van der Waals surface area contributed by atoms with Crippen molar-refractivity contribution in [3.63, 3.8) is 0 Å². The highest BCUT2D eigenvalue weighted by Crippen LogP contribution is 2.23. The third-order valence-electron chi connectivity index (χ3n) is 4.15. The van der Waals surface area contributed by atoms with Crippen molar-refractivity contribution in [3.05, 3.63) is 35.9 Å². The smallest absolute Gasteiger partial charge is 0.331 e. The summed E-state index contributed by atoms with van der Waals surface area (Å²) < 4.78 is 10.3. The molecule has 0 amide bonds. The fourth-order valence-corrected chi connectivity index (χ4v) is 2.84. The van der Waals surface area contributed by atoms with Gasteiger partial charge in [-0.1, -0.05) is 30.3 Å². The van der Waals surface area contributed by atoms with E-state index in [1.807, 2.05) is 37.4 Å². The second kappa shape index (κ2) is 7.02. The number of ether oxygens (including phenoxy) is 2. The minimum Gasteiger partial charge on any atom is -0.467 e. The van der Waals surface area contributed by atoms with Gasteiger partial charge in [-0.25, -0.2) is 4.79 Å². The molecule has 5 nitrogen and oxygen atoms in total. The van der Waals surface area contributed by atoms with Crippen molar-refractivity contribution in [1.29, 1.82) is 0 Å². The Morgan fingerprint density at radius 1 is 1.38 bits per heavy atom. The lowest BCUT2D eigenvalue weighted by Gasteiger charge is -2.37. The van der Waals surface area contributed by atoms with E-state index in [0.29, 0.717) is 12.6 Å². The van der Waals surface area contributed by atoms with Crippen LogP contribution in [0, 0.1) is 0 Å². The summed E-state index contributed by atoms with van der Waals surface area (Å²) in [6.45, 7) is 1.95. The Balaban J connectivity index is 2.18. The second-order valence-corrected chi connectivity index (χ2v) is 5.59. The molecule has 0 spiro atoms. The van der Waals surface area contributed by atoms with Crippen molar-refractivity contribution in [2.75, 3.05) is 33.9 Å². The Hall–Kier alpha value is -1.43. The van der Waals surface area contributed by atoms with Gasteiger partial charge in [0.05, 0.1) is 7.11 Å². The standard InChI is InChI=1S/C16H24N2O3/c1-18(14-8-10-21-11-9-14)12-16(17,15(19)20-2)13-6-4-3-5-7-13/h3-7,14H,8-12,17H2,1-2H3. The Bertz CT molecular complexity index is 460. The molecule has 2 N–H and O–H groups in total. The van der Waals surface area contributed by atoms with Crippen LogP contribution in [0.5, 0.6) is 0 Å². The third-order valence-corrected chi connectivity index (χ3v) is 4.15. The molecular weight excluding hydrogens is 268 g/mol. The Morgan fingerprint density at radius 2 is 2.00 bits per heavy atom. The lowest BCUT2D eigenvalue weighted by Crippen LogP contribution is -2.55. The summed E-state index contributed by atoms with van der Waals surface area (Å²) in [6, 6.07) is 9.80. The van der Waals surface area contributed by atoms with Gasteiger partial charge >= 0.3 is 5.97 Å². The Morgan fingerprint density at radius 3 is 2.57 bits per heavy atom. The molecule has 1 atom stereocenters. The second-order valence-electron chi connectivity index (χ2n) is 5.59. The largest absolute Gasteiger partial charge is 0.467 e. The van der Waals surface area contributed by atoms with E-state index >= 15 is 0 Å². The zero-order chi connectivity index (χ0) is 15.3. The number of hydrogen-bond donors (Lipinski definition) is 1. The Labute approximate surface area is 126 Å². The van der Waals surface area contributed by atoms with E-state index in [2.05, 4.69) is 4.90 Å². The van der Waals surface area contributed by atoms with Crippen LogP contribution in [0.15, 0.2) is 30.3 Å². The molecule has 1 heterocycles. The summed E-state index contributed by atoms with van der Waals surface area (Å²) in [6.07, 6.45) is 1.92. The topological polar surface area (TPSA) is 64.8 Å². The fraction of sp³-hybridized carbons (Fsp3) is 0.562. The number of nitrogens with two attached hydrogens (primary N) is 1. The molecule has 1 aliphatic heterocycles. The maximum absolute atomic E-state index is 12.3. The molecule has 0 saturated carbocycles. The van der Waals surface area contributed by atoms with Gasteiger partial charge in [0, 0.05) is 25.8 Å². The molecule has 1 aromatic carbocycles. The summed E-state index contributed by atoms with van der Waals surface area (Å²) in [4.78, 5) is 14.4. The van der Waals surface area contributed by atoms with Gasteiger partial charge in [-0.3, -0.25) is 0 Å². The normalized spacial score (nSPS) is 19.2. The summed E-state index contributed by atoms with van der Waals surface area (Å²) in [7, 11) is 3.38. The molecule has 1 fully saturated rings. The minimum absolute atomic E-state index is 0.384. The maximum Gasteiger partial charge on any atom is 0.331 e. The van der Waals surface area contributed by atoms with Gasteiger partial charge in [0.25, 0.3) is 0 Å². The lowest BCUT2D eigenvalue weighted by molar-refractivity contribution is -0.148. The van der Waals surface area contributed by atoms with E-state index in [1.54, 1.807) is 0 Å². The summed E-state index contributed by atoms with van der Waals surface area (Å²) >= 11 is 0. The van der Waals surface area contributed by atoms with Crippen molar-refractivity contribution in [2.24, 2.45) is 5.73 Å². The number of benzene rings is 1. The van der Waals surface area contributed by atoms with Crippen LogP contribution >= 0.6 is 0 Å². The zero-order valence-corrected chi connectivity index (χ0v) is 12.7. The summed E-state index contributed by atoms with van der Waals surface area (Å²) in [5, 5.41) is 0.